The molecule has 2 nitrogen and oxygen atoms in total. The molecule has 0 aliphatic heterocycles. The lowest BCUT2D eigenvalue weighted by molar-refractivity contribution is -0.695. The maximum absolute atomic E-state index is 2.45. The quantitative estimate of drug-likeness (QED) is 0.174. The van der Waals surface area contributed by atoms with Crippen molar-refractivity contribution >= 4 is 0 Å². The van der Waals surface area contributed by atoms with E-state index in [0.29, 0.717) is 0 Å². The fourth-order valence-electron chi connectivity index (χ4n) is 4.47. The van der Waals surface area contributed by atoms with E-state index in [2.05, 4.69) is 65.7 Å². The Bertz CT molecular complexity index is 644. The number of hydrogen-bond donors (Lipinski definition) is 0. The minimum Gasteiger partial charge on any atom is -0.235 e. The molecule has 1 heterocycles. The highest BCUT2D eigenvalue weighted by molar-refractivity contribution is 5.13. The molecule has 0 radical (unpaired) electrons. The Morgan fingerprint density at radius 1 is 0.667 bits per heavy atom. The van der Waals surface area contributed by atoms with Gasteiger partial charge in [-0.3, -0.25) is 0 Å². The first-order chi connectivity index (χ1) is 14.8. The molecule has 2 rings (SSSR count). The minimum atomic E-state index is 0.988. The summed E-state index contributed by atoms with van der Waals surface area (Å²) in [7, 11) is 0. The number of rotatable bonds is 18. The van der Waals surface area contributed by atoms with Crippen LogP contribution in [-0.4, -0.2) is 4.57 Å². The van der Waals surface area contributed by atoms with Crippen molar-refractivity contribution in [3.8, 4) is 0 Å². The molecule has 1 aromatic carbocycles. The molecule has 0 unspecified atom stereocenters. The lowest BCUT2D eigenvalue weighted by atomic mass is 10.0. The van der Waals surface area contributed by atoms with Crippen LogP contribution in [0.2, 0.25) is 0 Å². The molecule has 2 aromatic rings. The second-order valence-electron chi connectivity index (χ2n) is 8.96. The van der Waals surface area contributed by atoms with Gasteiger partial charge in [0.15, 0.2) is 0 Å². The van der Waals surface area contributed by atoms with Crippen molar-refractivity contribution in [2.45, 2.75) is 123 Å². The fourth-order valence-corrected chi connectivity index (χ4v) is 4.47. The number of hydrogen-bond acceptors (Lipinski definition) is 0. The number of aromatic nitrogens is 2. The zero-order valence-corrected chi connectivity index (χ0v) is 20.0. The monoisotopic (exact) mass is 411 g/mol. The molecule has 0 bridgehead atoms. The van der Waals surface area contributed by atoms with Crippen molar-refractivity contribution in [2.24, 2.45) is 0 Å². The number of imidazole rings is 1. The third-order valence-corrected chi connectivity index (χ3v) is 6.38. The van der Waals surface area contributed by atoms with Crippen LogP contribution in [-0.2, 0) is 19.5 Å². The third kappa shape index (κ3) is 9.96. The maximum atomic E-state index is 2.45. The van der Waals surface area contributed by atoms with E-state index in [1.54, 1.807) is 0 Å². The molecule has 0 fully saturated rings. The molecule has 0 saturated carbocycles. The van der Waals surface area contributed by atoms with Crippen molar-refractivity contribution < 1.29 is 4.57 Å². The SMILES string of the molecule is CCCCCCCCCCCCCCCCc1n(CC)cc[n+]1Cc1ccccc1. The van der Waals surface area contributed by atoms with Crippen molar-refractivity contribution in [3.05, 3.63) is 54.1 Å². The zero-order valence-electron chi connectivity index (χ0n) is 20.0. The highest BCUT2D eigenvalue weighted by Crippen LogP contribution is 2.14. The standard InChI is InChI=1S/C28H47N2/c1-3-5-6-7-8-9-10-11-12-13-14-15-16-20-23-28-29(4-2)24-25-30(28)26-27-21-18-17-19-22-27/h17-19,21-22,24-25H,3-16,20,23,26H2,1-2H3/q+1. The first kappa shape index (κ1) is 24.7. The van der Waals surface area contributed by atoms with E-state index in [1.165, 1.54) is 108 Å². The van der Waals surface area contributed by atoms with Crippen LogP contribution in [0, 0.1) is 0 Å². The van der Waals surface area contributed by atoms with Crippen LogP contribution in [0.25, 0.3) is 0 Å². The summed E-state index contributed by atoms with van der Waals surface area (Å²) in [6.07, 6.45) is 25.7. The number of aryl methyl sites for hydroxylation is 1. The van der Waals surface area contributed by atoms with Gasteiger partial charge >= 0.3 is 0 Å². The van der Waals surface area contributed by atoms with E-state index < -0.39 is 0 Å². The minimum absolute atomic E-state index is 0.988. The summed E-state index contributed by atoms with van der Waals surface area (Å²) in [5.41, 5.74) is 1.39. The van der Waals surface area contributed by atoms with E-state index in [9.17, 15) is 0 Å². The van der Waals surface area contributed by atoms with Crippen LogP contribution < -0.4 is 4.57 Å². The molecular weight excluding hydrogens is 364 g/mol. The highest BCUT2D eigenvalue weighted by atomic mass is 15.1. The normalized spacial score (nSPS) is 11.3. The highest BCUT2D eigenvalue weighted by Gasteiger charge is 2.15. The smallest absolute Gasteiger partial charge is 0.235 e. The van der Waals surface area contributed by atoms with Gasteiger partial charge in [0.25, 0.3) is 5.82 Å². The van der Waals surface area contributed by atoms with Gasteiger partial charge in [-0.25, -0.2) is 9.13 Å². The van der Waals surface area contributed by atoms with E-state index in [1.807, 2.05) is 0 Å². The Kier molecular flexibility index (Phi) is 13.3. The lowest BCUT2D eigenvalue weighted by Crippen LogP contribution is -2.37. The molecule has 1 aromatic heterocycles. The van der Waals surface area contributed by atoms with Crippen molar-refractivity contribution in [1.82, 2.24) is 4.57 Å². The van der Waals surface area contributed by atoms with Crippen LogP contribution in [0.1, 0.15) is 115 Å². The van der Waals surface area contributed by atoms with Crippen molar-refractivity contribution in [1.29, 1.82) is 0 Å². The van der Waals surface area contributed by atoms with Crippen LogP contribution in [0.5, 0.6) is 0 Å². The molecule has 168 valence electrons. The predicted molar refractivity (Wildman–Crippen MR) is 130 cm³/mol. The van der Waals surface area contributed by atoms with Crippen LogP contribution in [0.4, 0.5) is 0 Å². The summed E-state index contributed by atoms with van der Waals surface area (Å²) < 4.78 is 4.87. The zero-order chi connectivity index (χ0) is 21.3. The van der Waals surface area contributed by atoms with Gasteiger partial charge in [0.2, 0.25) is 0 Å². The van der Waals surface area contributed by atoms with Gasteiger partial charge in [-0.1, -0.05) is 121 Å². The van der Waals surface area contributed by atoms with Gasteiger partial charge in [0.1, 0.15) is 18.9 Å². The van der Waals surface area contributed by atoms with Gasteiger partial charge in [0.05, 0.1) is 6.54 Å². The average molecular weight is 412 g/mol. The molecule has 0 aliphatic rings. The first-order valence-electron chi connectivity index (χ1n) is 13.0. The largest absolute Gasteiger partial charge is 0.256 e. The Morgan fingerprint density at radius 2 is 1.20 bits per heavy atom. The van der Waals surface area contributed by atoms with Crippen LogP contribution >= 0.6 is 0 Å². The average Bonchev–Trinajstić information content (AvgIpc) is 3.16. The lowest BCUT2D eigenvalue weighted by Gasteiger charge is -2.05. The molecule has 0 spiro atoms. The van der Waals surface area contributed by atoms with Gasteiger partial charge in [-0.15, -0.1) is 0 Å². The third-order valence-electron chi connectivity index (χ3n) is 6.38. The maximum Gasteiger partial charge on any atom is 0.256 e. The molecule has 0 N–H and O–H groups in total. The van der Waals surface area contributed by atoms with Crippen LogP contribution in [0.15, 0.2) is 42.7 Å². The summed E-state index contributed by atoms with van der Waals surface area (Å²) in [5, 5.41) is 0. The molecule has 0 amide bonds. The fraction of sp³-hybridized carbons (Fsp3) is 0.679. The van der Waals surface area contributed by atoms with E-state index in [-0.39, 0.29) is 0 Å². The molecule has 30 heavy (non-hydrogen) atoms. The summed E-state index contributed by atoms with van der Waals surface area (Å²) in [6.45, 7) is 6.60. The van der Waals surface area contributed by atoms with Crippen LogP contribution in [0.3, 0.4) is 0 Å². The summed E-state index contributed by atoms with van der Waals surface area (Å²) in [4.78, 5) is 0. The molecule has 0 saturated heterocycles. The first-order valence-corrected chi connectivity index (χ1v) is 13.0. The second kappa shape index (κ2) is 16.2. The Labute approximate surface area is 186 Å². The summed E-state index contributed by atoms with van der Waals surface area (Å²) in [6, 6.07) is 10.8. The van der Waals surface area contributed by atoms with Gasteiger partial charge in [-0.05, 0) is 18.9 Å². The van der Waals surface area contributed by atoms with Gasteiger partial charge in [0, 0.05) is 6.42 Å². The molecular formula is C28H47N2+. The summed E-state index contributed by atoms with van der Waals surface area (Å²) in [5.74, 6) is 1.49. The van der Waals surface area contributed by atoms with E-state index in [0.717, 1.165) is 13.1 Å². The second-order valence-corrected chi connectivity index (χ2v) is 8.96. The molecule has 2 heteroatoms. The topological polar surface area (TPSA) is 8.81 Å². The van der Waals surface area contributed by atoms with E-state index in [4.69, 9.17) is 0 Å². The molecule has 0 aliphatic carbocycles. The van der Waals surface area contributed by atoms with Gasteiger partial charge in [-0.2, -0.15) is 0 Å². The number of unbranched alkanes of at least 4 members (excludes halogenated alkanes) is 13. The van der Waals surface area contributed by atoms with E-state index >= 15 is 0 Å². The number of benzene rings is 1. The predicted octanol–water partition coefficient (Wildman–Crippen LogP) is 7.87. The molecule has 0 atom stereocenters. The Balaban J connectivity index is 1.53. The Hall–Kier alpha value is -1.57. The van der Waals surface area contributed by atoms with Crippen molar-refractivity contribution in [3.63, 3.8) is 0 Å². The van der Waals surface area contributed by atoms with Gasteiger partial charge < -0.3 is 0 Å². The summed E-state index contributed by atoms with van der Waals surface area (Å²) >= 11 is 0. The van der Waals surface area contributed by atoms with Crippen molar-refractivity contribution in [2.75, 3.05) is 0 Å². The Morgan fingerprint density at radius 3 is 1.73 bits per heavy atom. The number of nitrogens with zero attached hydrogens (tertiary/aromatic N) is 2.